The van der Waals surface area contributed by atoms with Crippen LogP contribution in [-0.2, 0) is 0 Å². The number of benzene rings is 11. The maximum absolute atomic E-state index is 4.78. The fourth-order valence-electron chi connectivity index (χ4n) is 11.0. The standard InChI is InChI=1S/C65H44N2/c1-3-4-8-19-42(2)58-56-40-50-32-37-55-60-51(33-36-54(59(50)60)64(56)66(62(58)46-24-11-6-12-25-46)52-34-30-43-20-15-17-28-48(43)38-52)41-57-61(45-22-9-5-10-23-45)63(47-26-13-7-14-27-47)67(65(55)57)53-35-31-44-21-16-18-29-49(44)39-53/h3-41H,2H2,1H3/b4-3-,19-8-. The van der Waals surface area contributed by atoms with Gasteiger partial charge < -0.3 is 9.13 Å². The lowest BCUT2D eigenvalue weighted by Gasteiger charge is -2.18. The van der Waals surface area contributed by atoms with Crippen molar-refractivity contribution >= 4 is 81.2 Å². The third-order valence-corrected chi connectivity index (χ3v) is 13.8. The monoisotopic (exact) mass is 852 g/mol. The molecule has 0 amide bonds. The van der Waals surface area contributed by atoms with Gasteiger partial charge in [-0.2, -0.15) is 0 Å². The second kappa shape index (κ2) is 15.5. The van der Waals surface area contributed by atoms with Gasteiger partial charge in [-0.3, -0.25) is 0 Å². The number of hydrogen-bond donors (Lipinski definition) is 0. The minimum atomic E-state index is 0.964. The van der Waals surface area contributed by atoms with Crippen LogP contribution in [-0.4, -0.2) is 9.13 Å². The zero-order chi connectivity index (χ0) is 44.6. The van der Waals surface area contributed by atoms with Crippen LogP contribution in [0.4, 0.5) is 0 Å². The van der Waals surface area contributed by atoms with Gasteiger partial charge in [-0.25, -0.2) is 0 Å². The smallest absolute Gasteiger partial charge is 0.0620 e. The molecule has 2 aromatic heterocycles. The molecule has 2 heteroatoms. The highest BCUT2D eigenvalue weighted by Gasteiger charge is 2.28. The summed E-state index contributed by atoms with van der Waals surface area (Å²) in [6, 6.07) is 78.3. The van der Waals surface area contributed by atoms with E-state index in [9.17, 15) is 0 Å². The van der Waals surface area contributed by atoms with Crippen LogP contribution < -0.4 is 0 Å². The Labute approximate surface area is 389 Å². The highest BCUT2D eigenvalue weighted by molar-refractivity contribution is 6.34. The SMILES string of the molecule is C=C(/C=C\C=C/C)c1c(-c2ccccc2)n(-c2ccc3ccccc3c2)c2c1cc1ccc3c4c(ccc2c14)cc1c(-c2ccccc2)c(-c2ccccc2)n(-c2ccc4ccccc4c2)c13. The lowest BCUT2D eigenvalue weighted by atomic mass is 9.89. The van der Waals surface area contributed by atoms with E-state index in [0.717, 1.165) is 33.8 Å². The molecular formula is C65H44N2. The molecule has 13 rings (SSSR count). The van der Waals surface area contributed by atoms with E-state index in [0.29, 0.717) is 0 Å². The van der Waals surface area contributed by atoms with Gasteiger partial charge in [0.15, 0.2) is 0 Å². The second-order valence-electron chi connectivity index (χ2n) is 17.7. The van der Waals surface area contributed by atoms with Crippen molar-refractivity contribution in [3.8, 4) is 45.0 Å². The van der Waals surface area contributed by atoms with Crippen molar-refractivity contribution in [1.82, 2.24) is 9.13 Å². The third kappa shape index (κ3) is 6.04. The van der Waals surface area contributed by atoms with E-state index in [2.05, 4.69) is 246 Å². The molecule has 0 aliphatic heterocycles. The van der Waals surface area contributed by atoms with Gasteiger partial charge in [0.2, 0.25) is 0 Å². The van der Waals surface area contributed by atoms with Crippen molar-refractivity contribution in [2.24, 2.45) is 0 Å². The van der Waals surface area contributed by atoms with Crippen LogP contribution in [0.3, 0.4) is 0 Å². The van der Waals surface area contributed by atoms with Crippen LogP contribution >= 0.6 is 0 Å². The van der Waals surface area contributed by atoms with Crippen LogP contribution in [0.1, 0.15) is 12.5 Å². The molecule has 0 unspecified atom stereocenters. The van der Waals surface area contributed by atoms with Gasteiger partial charge in [-0.15, -0.1) is 0 Å². The van der Waals surface area contributed by atoms with Crippen molar-refractivity contribution in [2.45, 2.75) is 6.92 Å². The molecule has 2 nitrogen and oxygen atoms in total. The van der Waals surface area contributed by atoms with E-state index in [4.69, 9.17) is 6.58 Å². The summed E-state index contributed by atoms with van der Waals surface area (Å²) in [5.41, 5.74) is 13.8. The summed E-state index contributed by atoms with van der Waals surface area (Å²) in [4.78, 5) is 0. The summed E-state index contributed by atoms with van der Waals surface area (Å²) < 4.78 is 5.06. The van der Waals surface area contributed by atoms with Crippen LogP contribution in [0.5, 0.6) is 0 Å². The number of rotatable bonds is 8. The van der Waals surface area contributed by atoms with Gasteiger partial charge in [-0.1, -0.05) is 207 Å². The average Bonchev–Trinajstić information content (AvgIpc) is 3.92. The van der Waals surface area contributed by atoms with Gasteiger partial charge >= 0.3 is 0 Å². The van der Waals surface area contributed by atoms with Gasteiger partial charge in [-0.05, 0) is 109 Å². The number of nitrogens with zero attached hydrogens (tertiary/aromatic N) is 2. The van der Waals surface area contributed by atoms with Crippen molar-refractivity contribution < 1.29 is 0 Å². The Morgan fingerprint density at radius 3 is 1.39 bits per heavy atom. The fourth-order valence-corrected chi connectivity index (χ4v) is 11.0. The molecule has 67 heavy (non-hydrogen) atoms. The molecule has 0 bridgehead atoms. The summed E-state index contributed by atoms with van der Waals surface area (Å²) in [6.07, 6.45) is 8.39. The van der Waals surface area contributed by atoms with Crippen LogP contribution in [0, 0.1) is 0 Å². The Bertz CT molecular complexity index is 4140. The third-order valence-electron chi connectivity index (χ3n) is 13.8. The van der Waals surface area contributed by atoms with Crippen molar-refractivity contribution in [2.75, 3.05) is 0 Å². The Hall–Kier alpha value is -8.72. The molecule has 0 saturated carbocycles. The minimum absolute atomic E-state index is 0.964. The first-order valence-corrected chi connectivity index (χ1v) is 23.2. The molecule has 0 fully saturated rings. The highest BCUT2D eigenvalue weighted by Crippen LogP contribution is 2.51. The Balaban J connectivity index is 1.22. The van der Waals surface area contributed by atoms with E-state index in [1.54, 1.807) is 0 Å². The second-order valence-corrected chi connectivity index (χ2v) is 17.7. The molecule has 0 spiro atoms. The van der Waals surface area contributed by atoms with Gasteiger partial charge in [0.25, 0.3) is 0 Å². The summed E-state index contributed by atoms with van der Waals surface area (Å²) in [7, 11) is 0. The van der Waals surface area contributed by atoms with Crippen LogP contribution in [0.2, 0.25) is 0 Å². The number of fused-ring (bicyclic) bond motifs is 6. The van der Waals surface area contributed by atoms with E-state index in [-0.39, 0.29) is 0 Å². The van der Waals surface area contributed by atoms with Crippen molar-refractivity contribution in [3.63, 3.8) is 0 Å². The Kier molecular flexibility index (Phi) is 8.94. The quantitative estimate of drug-likeness (QED) is 0.106. The number of hydrogen-bond acceptors (Lipinski definition) is 0. The summed E-state index contributed by atoms with van der Waals surface area (Å²) in [6.45, 7) is 6.83. The highest BCUT2D eigenvalue weighted by atomic mass is 15.0. The molecule has 0 N–H and O–H groups in total. The van der Waals surface area contributed by atoms with Crippen LogP contribution in [0.15, 0.2) is 243 Å². The molecule has 2 heterocycles. The number of allylic oxidation sites excluding steroid dienone is 5. The first-order chi connectivity index (χ1) is 33.1. The van der Waals surface area contributed by atoms with Gasteiger partial charge in [0.1, 0.15) is 0 Å². The van der Waals surface area contributed by atoms with E-state index in [1.165, 1.54) is 98.1 Å². The Morgan fingerprint density at radius 2 is 0.836 bits per heavy atom. The van der Waals surface area contributed by atoms with E-state index >= 15 is 0 Å². The predicted octanol–water partition coefficient (Wildman–Crippen LogP) is 17.9. The average molecular weight is 853 g/mol. The van der Waals surface area contributed by atoms with E-state index < -0.39 is 0 Å². The first kappa shape index (κ1) is 38.7. The molecule has 13 aromatic rings. The maximum Gasteiger partial charge on any atom is 0.0620 e. The van der Waals surface area contributed by atoms with Crippen molar-refractivity contribution in [3.05, 3.63) is 249 Å². The largest absolute Gasteiger partial charge is 0.308 e. The lowest BCUT2D eigenvalue weighted by Crippen LogP contribution is -1.99. The zero-order valence-electron chi connectivity index (χ0n) is 37.1. The molecule has 0 aliphatic rings. The lowest BCUT2D eigenvalue weighted by molar-refractivity contribution is 1.14. The minimum Gasteiger partial charge on any atom is -0.308 e. The van der Waals surface area contributed by atoms with Crippen molar-refractivity contribution in [1.29, 1.82) is 0 Å². The van der Waals surface area contributed by atoms with E-state index in [1.807, 2.05) is 6.92 Å². The number of aromatic nitrogens is 2. The van der Waals surface area contributed by atoms with Crippen LogP contribution in [0.25, 0.3) is 126 Å². The molecule has 0 aliphatic carbocycles. The molecular weight excluding hydrogens is 809 g/mol. The normalized spacial score (nSPS) is 12.2. The fraction of sp³-hybridized carbons (Fsp3) is 0.0154. The van der Waals surface area contributed by atoms with Gasteiger partial charge in [0, 0.05) is 44.0 Å². The summed E-state index contributed by atoms with van der Waals surface area (Å²) in [5, 5.41) is 14.7. The zero-order valence-corrected chi connectivity index (χ0v) is 37.1. The predicted molar refractivity (Wildman–Crippen MR) is 288 cm³/mol. The van der Waals surface area contributed by atoms with Gasteiger partial charge in [0.05, 0.1) is 22.4 Å². The first-order valence-electron chi connectivity index (χ1n) is 23.2. The summed E-state index contributed by atoms with van der Waals surface area (Å²) in [5.74, 6) is 0. The molecule has 0 saturated heterocycles. The maximum atomic E-state index is 4.78. The molecule has 314 valence electrons. The molecule has 0 radical (unpaired) electrons. The summed E-state index contributed by atoms with van der Waals surface area (Å²) >= 11 is 0. The Morgan fingerprint density at radius 1 is 0.388 bits per heavy atom. The molecule has 0 atom stereocenters. The topological polar surface area (TPSA) is 9.86 Å². The molecule has 11 aromatic carbocycles.